The van der Waals surface area contributed by atoms with E-state index in [9.17, 15) is 0 Å². The quantitative estimate of drug-likeness (QED) is 0.793. The van der Waals surface area contributed by atoms with E-state index in [0.717, 1.165) is 18.0 Å². The summed E-state index contributed by atoms with van der Waals surface area (Å²) in [4.78, 5) is 0. The van der Waals surface area contributed by atoms with Crippen molar-refractivity contribution in [3.05, 3.63) is 23.8 Å². The summed E-state index contributed by atoms with van der Waals surface area (Å²) in [5.41, 5.74) is 1.27. The molecule has 0 amide bonds. The van der Waals surface area contributed by atoms with Crippen molar-refractivity contribution in [2.75, 3.05) is 20.8 Å². The summed E-state index contributed by atoms with van der Waals surface area (Å²) in [6, 6.07) is 6.57. The van der Waals surface area contributed by atoms with Gasteiger partial charge in [-0.05, 0) is 30.7 Å². The number of rotatable bonds is 3. The second kappa shape index (κ2) is 3.88. The van der Waals surface area contributed by atoms with Crippen LogP contribution in [0.5, 0.6) is 11.5 Å². The summed E-state index contributed by atoms with van der Waals surface area (Å²) in [6.07, 6.45) is 1.20. The lowest BCUT2D eigenvalue weighted by Crippen LogP contribution is -2.34. The molecule has 1 aromatic carbocycles. The van der Waals surface area contributed by atoms with Crippen molar-refractivity contribution in [1.29, 1.82) is 0 Å². The minimum absolute atomic E-state index is 0.495. The highest BCUT2D eigenvalue weighted by molar-refractivity contribution is 5.44. The zero-order chi connectivity index (χ0) is 9.97. The molecule has 0 radical (unpaired) electrons. The third kappa shape index (κ3) is 1.55. The van der Waals surface area contributed by atoms with Gasteiger partial charge in [-0.3, -0.25) is 0 Å². The summed E-state index contributed by atoms with van der Waals surface area (Å²) < 4.78 is 10.4. The fraction of sp³-hybridized carbons (Fsp3) is 0.455. The average molecular weight is 193 g/mol. The molecule has 1 fully saturated rings. The Labute approximate surface area is 84.0 Å². The smallest absolute Gasteiger partial charge is 0.161 e. The van der Waals surface area contributed by atoms with Gasteiger partial charge in [0.05, 0.1) is 14.2 Å². The summed E-state index contributed by atoms with van der Waals surface area (Å²) in [7, 11) is 3.31. The lowest BCUT2D eigenvalue weighted by Gasteiger charge is -2.28. The van der Waals surface area contributed by atoms with Gasteiger partial charge in [-0.2, -0.15) is 0 Å². The summed E-state index contributed by atoms with van der Waals surface area (Å²) in [5, 5.41) is 3.35. The SMILES string of the molecule is COc1ccc(C2CCN2)cc1OC. The maximum Gasteiger partial charge on any atom is 0.161 e. The molecule has 1 heterocycles. The molecular weight excluding hydrogens is 178 g/mol. The van der Waals surface area contributed by atoms with Crippen molar-refractivity contribution in [3.63, 3.8) is 0 Å². The van der Waals surface area contributed by atoms with Crippen LogP contribution < -0.4 is 14.8 Å². The molecule has 76 valence electrons. The van der Waals surface area contributed by atoms with Gasteiger partial charge in [-0.1, -0.05) is 6.07 Å². The fourth-order valence-electron chi connectivity index (χ4n) is 1.64. The Morgan fingerprint density at radius 2 is 1.93 bits per heavy atom. The molecule has 0 aliphatic carbocycles. The number of methoxy groups -OCH3 is 2. The van der Waals surface area contributed by atoms with E-state index in [1.807, 2.05) is 12.1 Å². The fourth-order valence-corrected chi connectivity index (χ4v) is 1.64. The third-order valence-electron chi connectivity index (χ3n) is 2.63. The highest BCUT2D eigenvalue weighted by Crippen LogP contribution is 2.32. The summed E-state index contributed by atoms with van der Waals surface area (Å²) in [5.74, 6) is 1.59. The van der Waals surface area contributed by atoms with Crippen LogP contribution in [0.15, 0.2) is 18.2 Å². The van der Waals surface area contributed by atoms with Crippen LogP contribution in [0.4, 0.5) is 0 Å². The van der Waals surface area contributed by atoms with Gasteiger partial charge in [0.15, 0.2) is 11.5 Å². The van der Waals surface area contributed by atoms with Crippen LogP contribution >= 0.6 is 0 Å². The van der Waals surface area contributed by atoms with E-state index in [2.05, 4.69) is 11.4 Å². The molecule has 1 unspecified atom stereocenters. The van der Waals surface area contributed by atoms with Crippen LogP contribution in [-0.4, -0.2) is 20.8 Å². The molecule has 1 atom stereocenters. The normalized spacial score (nSPS) is 20.0. The number of hydrogen-bond acceptors (Lipinski definition) is 3. The predicted octanol–water partition coefficient (Wildman–Crippen LogP) is 1.74. The van der Waals surface area contributed by atoms with Crippen molar-refractivity contribution in [2.45, 2.75) is 12.5 Å². The van der Waals surface area contributed by atoms with Crippen molar-refractivity contribution in [3.8, 4) is 11.5 Å². The Balaban J connectivity index is 2.26. The lowest BCUT2D eigenvalue weighted by molar-refractivity contribution is 0.349. The molecule has 1 aliphatic heterocycles. The molecule has 1 N–H and O–H groups in total. The van der Waals surface area contributed by atoms with Crippen LogP contribution in [0.25, 0.3) is 0 Å². The van der Waals surface area contributed by atoms with Crippen LogP contribution in [0.2, 0.25) is 0 Å². The first-order valence-electron chi connectivity index (χ1n) is 4.80. The van der Waals surface area contributed by atoms with E-state index in [1.165, 1.54) is 12.0 Å². The van der Waals surface area contributed by atoms with Gasteiger partial charge >= 0.3 is 0 Å². The van der Waals surface area contributed by atoms with Gasteiger partial charge < -0.3 is 14.8 Å². The van der Waals surface area contributed by atoms with Gasteiger partial charge in [0.2, 0.25) is 0 Å². The van der Waals surface area contributed by atoms with Crippen molar-refractivity contribution in [2.24, 2.45) is 0 Å². The van der Waals surface area contributed by atoms with E-state index in [0.29, 0.717) is 6.04 Å². The van der Waals surface area contributed by atoms with E-state index in [4.69, 9.17) is 9.47 Å². The molecule has 0 spiro atoms. The van der Waals surface area contributed by atoms with Gasteiger partial charge in [0.1, 0.15) is 0 Å². The largest absolute Gasteiger partial charge is 0.493 e. The highest BCUT2D eigenvalue weighted by Gasteiger charge is 2.19. The minimum Gasteiger partial charge on any atom is -0.493 e. The summed E-state index contributed by atoms with van der Waals surface area (Å²) in [6.45, 7) is 1.11. The number of ether oxygens (including phenoxy) is 2. The molecule has 14 heavy (non-hydrogen) atoms. The Kier molecular flexibility index (Phi) is 2.59. The molecule has 2 rings (SSSR count). The molecule has 1 saturated heterocycles. The molecular formula is C11H15NO2. The first kappa shape index (κ1) is 9.34. The van der Waals surface area contributed by atoms with E-state index < -0.39 is 0 Å². The molecule has 0 bridgehead atoms. The zero-order valence-electron chi connectivity index (χ0n) is 8.54. The second-order valence-electron chi connectivity index (χ2n) is 3.41. The van der Waals surface area contributed by atoms with Gasteiger partial charge in [-0.15, -0.1) is 0 Å². The van der Waals surface area contributed by atoms with Crippen molar-refractivity contribution >= 4 is 0 Å². The first-order chi connectivity index (χ1) is 6.85. The monoisotopic (exact) mass is 193 g/mol. The Bertz CT molecular complexity index is 321. The Morgan fingerprint density at radius 3 is 2.43 bits per heavy atom. The molecule has 3 heteroatoms. The lowest BCUT2D eigenvalue weighted by atomic mass is 9.98. The van der Waals surface area contributed by atoms with Gasteiger partial charge in [0.25, 0.3) is 0 Å². The number of hydrogen-bond donors (Lipinski definition) is 1. The minimum atomic E-state index is 0.495. The second-order valence-corrected chi connectivity index (χ2v) is 3.41. The van der Waals surface area contributed by atoms with Crippen LogP contribution in [0.3, 0.4) is 0 Å². The van der Waals surface area contributed by atoms with Gasteiger partial charge in [-0.25, -0.2) is 0 Å². The maximum atomic E-state index is 5.24. The standard InChI is InChI=1S/C11H15NO2/c1-13-10-4-3-8(7-11(10)14-2)9-5-6-12-9/h3-4,7,9,12H,5-6H2,1-2H3. The molecule has 3 nitrogen and oxygen atoms in total. The Morgan fingerprint density at radius 1 is 1.21 bits per heavy atom. The van der Waals surface area contributed by atoms with E-state index in [1.54, 1.807) is 14.2 Å². The predicted molar refractivity (Wildman–Crippen MR) is 54.9 cm³/mol. The topological polar surface area (TPSA) is 30.5 Å². The summed E-state index contributed by atoms with van der Waals surface area (Å²) >= 11 is 0. The number of benzene rings is 1. The molecule has 1 aromatic rings. The average Bonchev–Trinajstić information content (AvgIpc) is 2.15. The highest BCUT2D eigenvalue weighted by atomic mass is 16.5. The van der Waals surface area contributed by atoms with E-state index in [-0.39, 0.29) is 0 Å². The number of nitrogens with one attached hydrogen (secondary N) is 1. The molecule has 0 saturated carbocycles. The van der Waals surface area contributed by atoms with E-state index >= 15 is 0 Å². The van der Waals surface area contributed by atoms with Crippen molar-refractivity contribution in [1.82, 2.24) is 5.32 Å². The van der Waals surface area contributed by atoms with Crippen molar-refractivity contribution < 1.29 is 9.47 Å². The maximum absolute atomic E-state index is 5.24. The molecule has 0 aromatic heterocycles. The Hall–Kier alpha value is -1.22. The molecule has 1 aliphatic rings. The van der Waals surface area contributed by atoms with Crippen LogP contribution in [0.1, 0.15) is 18.0 Å². The van der Waals surface area contributed by atoms with Crippen LogP contribution in [0, 0.1) is 0 Å². The van der Waals surface area contributed by atoms with Crippen LogP contribution in [-0.2, 0) is 0 Å². The first-order valence-corrected chi connectivity index (χ1v) is 4.80. The third-order valence-corrected chi connectivity index (χ3v) is 2.63. The zero-order valence-corrected chi connectivity index (χ0v) is 8.54. The van der Waals surface area contributed by atoms with Gasteiger partial charge in [0, 0.05) is 6.04 Å².